The van der Waals surface area contributed by atoms with Crippen LogP contribution in [0.15, 0.2) is 12.4 Å². The number of anilines is 2. The summed E-state index contributed by atoms with van der Waals surface area (Å²) in [6.45, 7) is 11.9. The van der Waals surface area contributed by atoms with Crippen LogP contribution in [0.5, 0.6) is 0 Å². The Labute approximate surface area is 109 Å². The molecule has 1 saturated heterocycles. The fraction of sp³-hybridized carbons (Fsp3) is 0.692. The third-order valence-corrected chi connectivity index (χ3v) is 3.23. The molecular formula is C13H23N5. The lowest BCUT2D eigenvalue weighted by atomic mass is 10.3. The molecule has 0 saturated carbocycles. The highest BCUT2D eigenvalue weighted by atomic mass is 15.3. The van der Waals surface area contributed by atoms with Crippen molar-refractivity contribution in [2.24, 2.45) is 0 Å². The normalized spacial score (nSPS) is 17.2. The third kappa shape index (κ3) is 3.32. The van der Waals surface area contributed by atoms with Crippen molar-refractivity contribution in [2.45, 2.75) is 26.8 Å². The van der Waals surface area contributed by atoms with Crippen LogP contribution >= 0.6 is 0 Å². The molecule has 2 heterocycles. The molecule has 1 aliphatic heterocycles. The highest BCUT2D eigenvalue weighted by molar-refractivity contribution is 5.49. The second-order valence-corrected chi connectivity index (χ2v) is 4.98. The Morgan fingerprint density at radius 2 is 1.94 bits per heavy atom. The molecule has 0 aliphatic carbocycles. The van der Waals surface area contributed by atoms with Gasteiger partial charge in [-0.3, -0.25) is 0 Å². The van der Waals surface area contributed by atoms with Gasteiger partial charge in [-0.15, -0.1) is 0 Å². The van der Waals surface area contributed by atoms with Crippen LogP contribution in [0.25, 0.3) is 0 Å². The summed E-state index contributed by atoms with van der Waals surface area (Å²) in [6, 6.07) is 2.44. The zero-order valence-electron chi connectivity index (χ0n) is 11.6. The molecule has 0 atom stereocenters. The van der Waals surface area contributed by atoms with Gasteiger partial charge in [0.15, 0.2) is 0 Å². The Hall–Kier alpha value is -1.36. The van der Waals surface area contributed by atoms with Gasteiger partial charge in [0.1, 0.15) is 18.0 Å². The summed E-state index contributed by atoms with van der Waals surface area (Å²) in [5.74, 6) is 1.94. The van der Waals surface area contributed by atoms with E-state index in [0.29, 0.717) is 6.04 Å². The van der Waals surface area contributed by atoms with Gasteiger partial charge in [0.2, 0.25) is 0 Å². The Kier molecular flexibility index (Phi) is 4.36. The summed E-state index contributed by atoms with van der Waals surface area (Å²) in [4.78, 5) is 13.4. The fourth-order valence-electron chi connectivity index (χ4n) is 2.19. The summed E-state index contributed by atoms with van der Waals surface area (Å²) >= 11 is 0. The van der Waals surface area contributed by atoms with Crippen molar-refractivity contribution in [3.63, 3.8) is 0 Å². The minimum atomic E-state index is 0.393. The quantitative estimate of drug-likeness (QED) is 0.874. The predicted octanol–water partition coefficient (Wildman–Crippen LogP) is 1.44. The molecular weight excluding hydrogens is 226 g/mol. The van der Waals surface area contributed by atoms with E-state index in [-0.39, 0.29) is 0 Å². The van der Waals surface area contributed by atoms with Gasteiger partial charge in [-0.2, -0.15) is 0 Å². The first-order valence-corrected chi connectivity index (χ1v) is 6.75. The van der Waals surface area contributed by atoms with E-state index in [1.807, 2.05) is 6.07 Å². The molecule has 1 aromatic heterocycles. The first-order chi connectivity index (χ1) is 8.69. The Morgan fingerprint density at radius 1 is 1.22 bits per heavy atom. The number of hydrogen-bond acceptors (Lipinski definition) is 5. The molecule has 18 heavy (non-hydrogen) atoms. The minimum Gasteiger partial charge on any atom is -0.368 e. The average molecular weight is 249 g/mol. The Morgan fingerprint density at radius 3 is 2.56 bits per heavy atom. The zero-order chi connectivity index (χ0) is 13.0. The van der Waals surface area contributed by atoms with Gasteiger partial charge in [-0.25, -0.2) is 9.97 Å². The third-order valence-electron chi connectivity index (χ3n) is 3.23. The number of rotatable bonds is 4. The monoisotopic (exact) mass is 249 g/mol. The molecule has 1 fully saturated rings. The Bertz CT molecular complexity index is 371. The average Bonchev–Trinajstić information content (AvgIpc) is 2.38. The maximum atomic E-state index is 4.38. The number of likely N-dealkylation sites (N-methyl/N-ethyl adjacent to an activating group) is 1. The molecule has 100 valence electrons. The summed E-state index contributed by atoms with van der Waals surface area (Å²) < 4.78 is 0. The molecule has 5 heteroatoms. The summed E-state index contributed by atoms with van der Waals surface area (Å²) in [5, 5.41) is 3.32. The van der Waals surface area contributed by atoms with Gasteiger partial charge in [-0.1, -0.05) is 6.92 Å². The van der Waals surface area contributed by atoms with E-state index >= 15 is 0 Å². The lowest BCUT2D eigenvalue weighted by Gasteiger charge is -2.34. The fourth-order valence-corrected chi connectivity index (χ4v) is 2.19. The van der Waals surface area contributed by atoms with Crippen molar-refractivity contribution >= 4 is 11.6 Å². The van der Waals surface area contributed by atoms with E-state index in [9.17, 15) is 0 Å². The maximum Gasteiger partial charge on any atom is 0.134 e. The summed E-state index contributed by atoms with van der Waals surface area (Å²) in [5.41, 5.74) is 0. The van der Waals surface area contributed by atoms with E-state index in [0.717, 1.165) is 44.4 Å². The molecule has 2 rings (SSSR count). The van der Waals surface area contributed by atoms with Crippen molar-refractivity contribution in [3.05, 3.63) is 12.4 Å². The molecule has 1 aliphatic rings. The molecule has 0 amide bonds. The molecule has 1 N–H and O–H groups in total. The zero-order valence-corrected chi connectivity index (χ0v) is 11.6. The lowest BCUT2D eigenvalue weighted by Crippen LogP contribution is -2.46. The second-order valence-electron chi connectivity index (χ2n) is 4.98. The Balaban J connectivity index is 2.00. The lowest BCUT2D eigenvalue weighted by molar-refractivity contribution is 0.270. The van der Waals surface area contributed by atoms with Gasteiger partial charge in [0.25, 0.3) is 0 Å². The smallest absolute Gasteiger partial charge is 0.134 e. The van der Waals surface area contributed by atoms with Crippen molar-refractivity contribution in [3.8, 4) is 0 Å². The second kappa shape index (κ2) is 6.00. The molecule has 0 unspecified atom stereocenters. The number of aromatic nitrogens is 2. The summed E-state index contributed by atoms with van der Waals surface area (Å²) in [6.07, 6.45) is 1.65. The van der Waals surface area contributed by atoms with Gasteiger partial charge in [-0.05, 0) is 20.4 Å². The van der Waals surface area contributed by atoms with Crippen LogP contribution in [0.2, 0.25) is 0 Å². The molecule has 5 nitrogen and oxygen atoms in total. The minimum absolute atomic E-state index is 0.393. The topological polar surface area (TPSA) is 44.3 Å². The van der Waals surface area contributed by atoms with Crippen LogP contribution in [-0.2, 0) is 0 Å². The van der Waals surface area contributed by atoms with Gasteiger partial charge in [0, 0.05) is 38.3 Å². The SMILES string of the molecule is CCN1CCN(c2cc(NC(C)C)ncn2)CC1. The van der Waals surface area contributed by atoms with Gasteiger partial charge in [0.05, 0.1) is 0 Å². The van der Waals surface area contributed by atoms with Crippen molar-refractivity contribution in [1.82, 2.24) is 14.9 Å². The van der Waals surface area contributed by atoms with Crippen LogP contribution in [-0.4, -0.2) is 53.6 Å². The van der Waals surface area contributed by atoms with E-state index in [1.54, 1.807) is 6.33 Å². The first kappa shape index (κ1) is 13.1. The van der Waals surface area contributed by atoms with E-state index in [1.165, 1.54) is 0 Å². The van der Waals surface area contributed by atoms with Crippen LogP contribution in [0.1, 0.15) is 20.8 Å². The van der Waals surface area contributed by atoms with E-state index < -0.39 is 0 Å². The van der Waals surface area contributed by atoms with Crippen LogP contribution in [0.4, 0.5) is 11.6 Å². The first-order valence-electron chi connectivity index (χ1n) is 6.75. The number of nitrogens with one attached hydrogen (secondary N) is 1. The predicted molar refractivity (Wildman–Crippen MR) is 75.1 cm³/mol. The molecule has 0 bridgehead atoms. The largest absolute Gasteiger partial charge is 0.368 e. The molecule has 1 aromatic rings. The van der Waals surface area contributed by atoms with Crippen molar-refractivity contribution < 1.29 is 0 Å². The highest BCUT2D eigenvalue weighted by Gasteiger charge is 2.17. The van der Waals surface area contributed by atoms with Gasteiger partial charge >= 0.3 is 0 Å². The number of nitrogens with zero attached hydrogens (tertiary/aromatic N) is 4. The summed E-state index contributed by atoms with van der Waals surface area (Å²) in [7, 11) is 0. The maximum absolute atomic E-state index is 4.38. The molecule has 0 aromatic carbocycles. The molecule has 0 radical (unpaired) electrons. The molecule has 0 spiro atoms. The standard InChI is InChI=1S/C13H23N5/c1-4-17-5-7-18(8-6-17)13-9-12(14-10-15-13)16-11(2)3/h9-11H,4-8H2,1-3H3,(H,14,15,16). The number of hydrogen-bond donors (Lipinski definition) is 1. The van der Waals surface area contributed by atoms with Crippen LogP contribution in [0, 0.1) is 0 Å². The van der Waals surface area contributed by atoms with E-state index in [4.69, 9.17) is 0 Å². The van der Waals surface area contributed by atoms with Gasteiger partial charge < -0.3 is 15.1 Å². The number of piperazine rings is 1. The van der Waals surface area contributed by atoms with Crippen molar-refractivity contribution in [2.75, 3.05) is 42.9 Å². The highest BCUT2D eigenvalue weighted by Crippen LogP contribution is 2.16. The van der Waals surface area contributed by atoms with E-state index in [2.05, 4.69) is 45.9 Å². The van der Waals surface area contributed by atoms with Crippen LogP contribution in [0.3, 0.4) is 0 Å². The van der Waals surface area contributed by atoms with Crippen LogP contribution < -0.4 is 10.2 Å². The van der Waals surface area contributed by atoms with Crippen molar-refractivity contribution in [1.29, 1.82) is 0 Å².